The number of aryl methyl sites for hydroxylation is 2. The number of carbonyl (C=O) groups excluding carboxylic acids is 1. The van der Waals surface area contributed by atoms with Crippen LogP contribution in [0.3, 0.4) is 0 Å². The summed E-state index contributed by atoms with van der Waals surface area (Å²) in [5.41, 5.74) is 4.37. The first-order valence-corrected chi connectivity index (χ1v) is 15.0. The number of ether oxygens (including phenoxy) is 1. The largest absolute Gasteiger partial charge is 0.483 e. The molecule has 2 heterocycles. The van der Waals surface area contributed by atoms with Gasteiger partial charge in [-0.25, -0.2) is 0 Å². The Morgan fingerprint density at radius 2 is 2.08 bits per heavy atom. The average Bonchev–Trinajstić information content (AvgIpc) is 3.44. The lowest BCUT2D eigenvalue weighted by atomic mass is 9.72. The van der Waals surface area contributed by atoms with Crippen LogP contribution in [-0.4, -0.2) is 26.4 Å². The highest BCUT2D eigenvalue weighted by Crippen LogP contribution is 2.44. The summed E-state index contributed by atoms with van der Waals surface area (Å²) in [6.45, 7) is 15.6. The van der Waals surface area contributed by atoms with Gasteiger partial charge in [-0.05, 0) is 87.1 Å². The topological polar surface area (TPSA) is 92.8 Å². The van der Waals surface area contributed by atoms with Crippen LogP contribution in [0.4, 0.5) is 5.00 Å². The maximum atomic E-state index is 12.9. The third-order valence-corrected chi connectivity index (χ3v) is 9.54. The number of aromatic nitrogens is 3. The van der Waals surface area contributed by atoms with Crippen molar-refractivity contribution in [1.29, 1.82) is 5.26 Å². The highest BCUT2D eigenvalue weighted by molar-refractivity contribution is 7.99. The quantitative estimate of drug-likeness (QED) is 0.307. The lowest BCUT2D eigenvalue weighted by Crippen LogP contribution is -2.26. The molecule has 1 aliphatic carbocycles. The molecule has 4 rings (SSSR count). The van der Waals surface area contributed by atoms with E-state index in [1.165, 1.54) is 27.8 Å². The molecule has 0 bridgehead atoms. The van der Waals surface area contributed by atoms with E-state index < -0.39 is 0 Å². The number of anilines is 1. The molecule has 0 fully saturated rings. The number of fused-ring (bicyclic) bond motifs is 1. The molecule has 0 saturated carbocycles. The molecule has 202 valence electrons. The first kappa shape index (κ1) is 28.2. The van der Waals surface area contributed by atoms with E-state index in [2.05, 4.69) is 56.2 Å². The number of hydrogen-bond acceptors (Lipinski definition) is 7. The van der Waals surface area contributed by atoms with E-state index >= 15 is 0 Å². The third kappa shape index (κ3) is 6.08. The van der Waals surface area contributed by atoms with Crippen LogP contribution in [0.2, 0.25) is 0 Å². The van der Waals surface area contributed by atoms with Crippen LogP contribution in [0.15, 0.2) is 23.4 Å². The number of carbonyl (C=O) groups is 1. The summed E-state index contributed by atoms with van der Waals surface area (Å²) in [5, 5.41) is 22.9. The molecule has 0 radical (unpaired) electrons. The zero-order chi connectivity index (χ0) is 27.6. The van der Waals surface area contributed by atoms with Gasteiger partial charge >= 0.3 is 0 Å². The van der Waals surface area contributed by atoms with Gasteiger partial charge in [0.05, 0.1) is 11.3 Å². The molecule has 2 aromatic heterocycles. The molecule has 9 heteroatoms. The molecule has 1 aliphatic rings. The molecule has 38 heavy (non-hydrogen) atoms. The molecule has 3 aromatic rings. The van der Waals surface area contributed by atoms with E-state index in [1.807, 2.05) is 36.6 Å². The van der Waals surface area contributed by atoms with E-state index in [-0.39, 0.29) is 23.2 Å². The lowest BCUT2D eigenvalue weighted by Gasteiger charge is -2.33. The van der Waals surface area contributed by atoms with Gasteiger partial charge < -0.3 is 14.6 Å². The molecular formula is C29H37N5O2S2. The minimum atomic E-state index is -0.291. The van der Waals surface area contributed by atoms with E-state index in [0.717, 1.165) is 36.4 Å². The predicted molar refractivity (Wildman–Crippen MR) is 154 cm³/mol. The van der Waals surface area contributed by atoms with Crippen molar-refractivity contribution in [2.24, 2.45) is 11.3 Å². The molecule has 0 aliphatic heterocycles. The average molecular weight is 552 g/mol. The van der Waals surface area contributed by atoms with Gasteiger partial charge in [-0.2, -0.15) is 5.26 Å². The van der Waals surface area contributed by atoms with Crippen LogP contribution < -0.4 is 10.1 Å². The van der Waals surface area contributed by atoms with Gasteiger partial charge in [-0.3, -0.25) is 4.79 Å². The molecule has 1 amide bonds. The first-order valence-electron chi connectivity index (χ1n) is 13.2. The molecule has 1 N–H and O–H groups in total. The van der Waals surface area contributed by atoms with Gasteiger partial charge in [0, 0.05) is 11.4 Å². The number of benzene rings is 1. The molecule has 7 nitrogen and oxygen atoms in total. The number of amides is 1. The number of nitrogens with zero attached hydrogens (tertiary/aromatic N) is 4. The zero-order valence-electron chi connectivity index (χ0n) is 23.3. The van der Waals surface area contributed by atoms with Crippen LogP contribution in [0.5, 0.6) is 5.75 Å². The minimum Gasteiger partial charge on any atom is -0.483 e. The number of nitrogens with one attached hydrogen (secondary N) is 1. The minimum absolute atomic E-state index is 0.149. The second kappa shape index (κ2) is 11.5. The van der Waals surface area contributed by atoms with Crippen molar-refractivity contribution >= 4 is 34.0 Å². The summed E-state index contributed by atoms with van der Waals surface area (Å²) >= 11 is 2.90. The fraction of sp³-hybridized carbons (Fsp3) is 0.517. The van der Waals surface area contributed by atoms with E-state index in [1.54, 1.807) is 11.3 Å². The summed E-state index contributed by atoms with van der Waals surface area (Å²) < 4.78 is 8.14. The number of rotatable bonds is 8. The number of thioether (sulfide) groups is 1. The Morgan fingerprint density at radius 3 is 2.74 bits per heavy atom. The monoisotopic (exact) mass is 551 g/mol. The molecule has 2 atom stereocenters. The Bertz CT molecular complexity index is 1360. The van der Waals surface area contributed by atoms with E-state index in [0.29, 0.717) is 28.2 Å². The Labute approximate surface area is 234 Å². The molecule has 1 aromatic carbocycles. The van der Waals surface area contributed by atoms with E-state index in [4.69, 9.17) is 4.74 Å². The van der Waals surface area contributed by atoms with E-state index in [9.17, 15) is 10.1 Å². The SMILES string of the molecule is CCn1c(SCC(=O)Nc2sc3c(c2C#N)CCC(C(C)(C)C)C3)nnc1C(C)Oc1ccc(C)c(C)c1. The maximum absolute atomic E-state index is 12.9. The fourth-order valence-electron chi connectivity index (χ4n) is 4.87. The standard InChI is InChI=1S/C29H37N5O2S2/c1-8-34-26(19(4)36-21-11-9-17(2)18(3)13-21)32-33-28(34)37-16-25(35)31-27-23(15-30)22-12-10-20(29(5,6)7)14-24(22)38-27/h9,11,13,19-20H,8,10,12,14,16H2,1-7H3,(H,31,35). The zero-order valence-corrected chi connectivity index (χ0v) is 25.0. The normalized spacial score (nSPS) is 16.0. The maximum Gasteiger partial charge on any atom is 0.235 e. The van der Waals surface area contributed by atoms with Gasteiger partial charge in [0.15, 0.2) is 17.1 Å². The summed E-state index contributed by atoms with van der Waals surface area (Å²) in [7, 11) is 0. The third-order valence-electron chi connectivity index (χ3n) is 7.40. The van der Waals surface area contributed by atoms with Gasteiger partial charge in [0.2, 0.25) is 5.91 Å². The predicted octanol–water partition coefficient (Wildman–Crippen LogP) is 6.87. The highest BCUT2D eigenvalue weighted by atomic mass is 32.2. The highest BCUT2D eigenvalue weighted by Gasteiger charge is 2.32. The van der Waals surface area contributed by atoms with Crippen LogP contribution in [0, 0.1) is 36.5 Å². The second-order valence-corrected chi connectivity index (χ2v) is 13.1. The van der Waals surface area contributed by atoms with Crippen molar-refractivity contribution in [3.8, 4) is 11.8 Å². The van der Waals surface area contributed by atoms with Crippen LogP contribution in [-0.2, 0) is 24.2 Å². The Balaban J connectivity index is 1.41. The van der Waals surface area contributed by atoms with Crippen molar-refractivity contribution in [2.75, 3.05) is 11.1 Å². The fourth-order valence-corrected chi connectivity index (χ4v) is 6.98. The van der Waals surface area contributed by atoms with Crippen molar-refractivity contribution in [3.63, 3.8) is 0 Å². The summed E-state index contributed by atoms with van der Waals surface area (Å²) in [4.78, 5) is 14.2. The van der Waals surface area contributed by atoms with Crippen LogP contribution >= 0.6 is 23.1 Å². The lowest BCUT2D eigenvalue weighted by molar-refractivity contribution is -0.113. The number of hydrogen-bond donors (Lipinski definition) is 1. The van der Waals surface area contributed by atoms with Crippen LogP contribution in [0.1, 0.15) is 80.1 Å². The summed E-state index contributed by atoms with van der Waals surface area (Å²) in [6.07, 6.45) is 2.64. The molecular weight excluding hydrogens is 514 g/mol. The number of thiophene rings is 1. The Hall–Kier alpha value is -2.83. The molecule has 2 unspecified atom stereocenters. The molecule has 0 saturated heterocycles. The molecule has 0 spiro atoms. The van der Waals surface area contributed by atoms with Crippen molar-refractivity contribution < 1.29 is 9.53 Å². The van der Waals surface area contributed by atoms with Gasteiger partial charge in [-0.1, -0.05) is 38.6 Å². The van der Waals surface area contributed by atoms with Crippen molar-refractivity contribution in [2.45, 2.75) is 85.5 Å². The van der Waals surface area contributed by atoms with Crippen LogP contribution in [0.25, 0.3) is 0 Å². The van der Waals surface area contributed by atoms with Gasteiger partial charge in [-0.15, -0.1) is 21.5 Å². The number of nitriles is 1. The summed E-state index contributed by atoms with van der Waals surface area (Å²) in [5.74, 6) is 2.13. The van der Waals surface area contributed by atoms with Gasteiger partial charge in [0.25, 0.3) is 0 Å². The Morgan fingerprint density at radius 1 is 1.32 bits per heavy atom. The van der Waals surface area contributed by atoms with Crippen molar-refractivity contribution in [3.05, 3.63) is 51.2 Å². The summed E-state index contributed by atoms with van der Waals surface area (Å²) in [6, 6.07) is 8.39. The Kier molecular flexibility index (Phi) is 8.53. The first-order chi connectivity index (χ1) is 18.0. The second-order valence-electron chi connectivity index (χ2n) is 11.1. The smallest absolute Gasteiger partial charge is 0.235 e. The van der Waals surface area contributed by atoms with Gasteiger partial charge in [0.1, 0.15) is 16.8 Å². The van der Waals surface area contributed by atoms with Crippen molar-refractivity contribution in [1.82, 2.24) is 14.8 Å².